The quantitative estimate of drug-likeness (QED) is 0.505. The summed E-state index contributed by atoms with van der Waals surface area (Å²) in [5, 5.41) is 12.3. The second kappa shape index (κ2) is 9.73. The molecule has 2 heterocycles. The summed E-state index contributed by atoms with van der Waals surface area (Å²) in [5.41, 5.74) is -2.28. The summed E-state index contributed by atoms with van der Waals surface area (Å²) >= 11 is 0. The maximum atomic E-state index is 14.2. The third-order valence-corrected chi connectivity index (χ3v) is 4.37. The molecular weight excluding hydrogens is 425 g/mol. The number of carbonyl (C=O) groups excluding carboxylic acids is 1. The van der Waals surface area contributed by atoms with Gasteiger partial charge in [0.25, 0.3) is 5.91 Å². The van der Waals surface area contributed by atoms with Gasteiger partial charge in [0.05, 0.1) is 24.0 Å². The highest BCUT2D eigenvalue weighted by atomic mass is 19.1. The number of pyridine rings is 1. The van der Waals surface area contributed by atoms with Crippen molar-refractivity contribution in [1.82, 2.24) is 15.0 Å². The first-order chi connectivity index (χ1) is 15.2. The first kappa shape index (κ1) is 23.1. The predicted molar refractivity (Wildman–Crippen MR) is 111 cm³/mol. The lowest BCUT2D eigenvalue weighted by molar-refractivity contribution is 0.0639. The zero-order valence-corrected chi connectivity index (χ0v) is 17.4. The number of halogens is 3. The first-order valence-electron chi connectivity index (χ1n) is 9.73. The van der Waals surface area contributed by atoms with E-state index in [1.807, 2.05) is 0 Å². The van der Waals surface area contributed by atoms with E-state index in [-0.39, 0.29) is 23.9 Å². The molecule has 0 unspecified atom stereocenters. The summed E-state index contributed by atoms with van der Waals surface area (Å²) in [6.45, 7) is 3.59. The largest absolute Gasteiger partial charge is 0.476 e. The molecule has 0 aliphatic carbocycles. The van der Waals surface area contributed by atoms with Crippen LogP contribution < -0.4 is 10.1 Å². The zero-order chi connectivity index (χ0) is 23.3. The van der Waals surface area contributed by atoms with Crippen LogP contribution in [0.15, 0.2) is 42.9 Å². The molecule has 0 atom stereocenters. The van der Waals surface area contributed by atoms with Gasteiger partial charge < -0.3 is 15.2 Å². The number of aliphatic hydroxyl groups is 1. The van der Waals surface area contributed by atoms with Crippen molar-refractivity contribution >= 4 is 11.6 Å². The number of nitrogens with one attached hydrogen (secondary N) is 1. The van der Waals surface area contributed by atoms with E-state index >= 15 is 0 Å². The Morgan fingerprint density at radius 2 is 1.84 bits per heavy atom. The fourth-order valence-corrected chi connectivity index (χ4v) is 2.85. The molecule has 0 radical (unpaired) electrons. The Hall–Kier alpha value is -3.53. The Labute approximate surface area is 182 Å². The van der Waals surface area contributed by atoms with Gasteiger partial charge in [-0.2, -0.15) is 4.98 Å². The van der Waals surface area contributed by atoms with Crippen LogP contribution in [0.5, 0.6) is 5.88 Å². The van der Waals surface area contributed by atoms with E-state index in [0.29, 0.717) is 12.8 Å². The topological polar surface area (TPSA) is 97.2 Å². The van der Waals surface area contributed by atoms with E-state index in [4.69, 9.17) is 4.74 Å². The fraction of sp³-hybridized carbons (Fsp3) is 0.273. The van der Waals surface area contributed by atoms with E-state index in [2.05, 4.69) is 20.3 Å². The Balaban J connectivity index is 1.79. The molecule has 1 aromatic carbocycles. The summed E-state index contributed by atoms with van der Waals surface area (Å²) in [7, 11) is 0. The molecule has 3 rings (SSSR count). The van der Waals surface area contributed by atoms with Crippen LogP contribution >= 0.6 is 0 Å². The van der Waals surface area contributed by atoms with Crippen molar-refractivity contribution in [1.29, 1.82) is 0 Å². The van der Waals surface area contributed by atoms with Crippen LogP contribution in [0.4, 0.5) is 18.9 Å². The van der Waals surface area contributed by atoms with Crippen LogP contribution in [-0.2, 0) is 0 Å². The smallest absolute Gasteiger partial charge is 0.274 e. The minimum atomic E-state index is -1.01. The number of carbonyl (C=O) groups is 1. The van der Waals surface area contributed by atoms with E-state index in [1.54, 1.807) is 13.8 Å². The van der Waals surface area contributed by atoms with Crippen LogP contribution in [0.25, 0.3) is 11.3 Å². The minimum absolute atomic E-state index is 0.0894. The van der Waals surface area contributed by atoms with E-state index in [9.17, 15) is 23.1 Å². The van der Waals surface area contributed by atoms with Gasteiger partial charge in [-0.15, -0.1) is 0 Å². The van der Waals surface area contributed by atoms with Crippen molar-refractivity contribution in [3.63, 3.8) is 0 Å². The highest BCUT2D eigenvalue weighted by Gasteiger charge is 2.20. The van der Waals surface area contributed by atoms with Crippen LogP contribution in [-0.4, -0.2) is 38.2 Å². The number of rotatable bonds is 8. The monoisotopic (exact) mass is 446 g/mol. The molecule has 0 saturated heterocycles. The highest BCUT2D eigenvalue weighted by molar-refractivity contribution is 6.03. The lowest BCUT2D eigenvalue weighted by atomic mass is 10.0. The molecule has 168 valence electrons. The average Bonchev–Trinajstić information content (AvgIpc) is 2.72. The van der Waals surface area contributed by atoms with Gasteiger partial charge in [-0.1, -0.05) is 6.07 Å². The van der Waals surface area contributed by atoms with Crippen molar-refractivity contribution in [2.75, 3.05) is 11.9 Å². The normalized spacial score (nSPS) is 11.3. The molecule has 0 aliphatic heterocycles. The van der Waals surface area contributed by atoms with Crippen molar-refractivity contribution in [3.05, 3.63) is 66.0 Å². The zero-order valence-electron chi connectivity index (χ0n) is 17.4. The summed E-state index contributed by atoms with van der Waals surface area (Å²) in [6.07, 6.45) is 3.57. The van der Waals surface area contributed by atoms with Gasteiger partial charge in [0.15, 0.2) is 0 Å². The van der Waals surface area contributed by atoms with Crippen molar-refractivity contribution in [2.45, 2.75) is 32.3 Å². The Bertz CT molecular complexity index is 1100. The molecule has 2 aromatic heterocycles. The Kier molecular flexibility index (Phi) is 7.04. The molecule has 7 nitrogen and oxygen atoms in total. The van der Waals surface area contributed by atoms with Crippen LogP contribution in [0.3, 0.4) is 0 Å². The number of nitrogens with zero attached hydrogens (tertiary/aromatic N) is 3. The lowest BCUT2D eigenvalue weighted by Gasteiger charge is -2.17. The number of amides is 1. The van der Waals surface area contributed by atoms with Crippen molar-refractivity contribution in [3.8, 4) is 17.1 Å². The SMILES string of the molecule is CC(C)(O)CCCOc1ncncc1NC(=O)c1ccc(F)c(-c2c(F)cccc2F)n1. The number of aromatic nitrogens is 3. The van der Waals surface area contributed by atoms with Crippen LogP contribution in [0.1, 0.15) is 37.2 Å². The number of hydrogen-bond donors (Lipinski definition) is 2. The number of benzene rings is 1. The third kappa shape index (κ3) is 5.79. The number of hydrogen-bond acceptors (Lipinski definition) is 6. The van der Waals surface area contributed by atoms with E-state index in [1.165, 1.54) is 12.5 Å². The molecule has 3 aromatic rings. The second-order valence-electron chi connectivity index (χ2n) is 7.58. The molecule has 0 fully saturated rings. The van der Waals surface area contributed by atoms with Gasteiger partial charge >= 0.3 is 0 Å². The van der Waals surface area contributed by atoms with E-state index < -0.39 is 40.2 Å². The van der Waals surface area contributed by atoms with Crippen LogP contribution in [0.2, 0.25) is 0 Å². The predicted octanol–water partition coefficient (Wildman–Crippen LogP) is 4.14. The third-order valence-electron chi connectivity index (χ3n) is 4.37. The van der Waals surface area contributed by atoms with Gasteiger partial charge in [-0.25, -0.2) is 23.1 Å². The number of ether oxygens (including phenoxy) is 1. The standard InChI is InChI=1S/C22H21F3N4O3/c1-22(2,31)9-4-10-32-21-17(11-26-12-27-21)29-20(30)16-8-7-15(25)19(28-16)18-13(23)5-3-6-14(18)24/h3,5-8,11-12,31H,4,9-10H2,1-2H3,(H,29,30). The molecule has 32 heavy (non-hydrogen) atoms. The average molecular weight is 446 g/mol. The maximum absolute atomic E-state index is 14.2. The van der Waals surface area contributed by atoms with Gasteiger partial charge in [0.2, 0.25) is 5.88 Å². The summed E-state index contributed by atoms with van der Waals surface area (Å²) in [6, 6.07) is 5.06. The van der Waals surface area contributed by atoms with Crippen molar-refractivity contribution < 1.29 is 27.8 Å². The lowest BCUT2D eigenvalue weighted by Crippen LogP contribution is -2.19. The molecule has 10 heteroatoms. The highest BCUT2D eigenvalue weighted by Crippen LogP contribution is 2.27. The molecule has 0 aliphatic rings. The van der Waals surface area contributed by atoms with E-state index in [0.717, 1.165) is 30.3 Å². The fourth-order valence-electron chi connectivity index (χ4n) is 2.85. The first-order valence-corrected chi connectivity index (χ1v) is 9.73. The van der Waals surface area contributed by atoms with Crippen LogP contribution in [0, 0.1) is 17.5 Å². The van der Waals surface area contributed by atoms with Gasteiger partial charge in [-0.3, -0.25) is 4.79 Å². The molecule has 0 bridgehead atoms. The van der Waals surface area contributed by atoms with Gasteiger partial charge in [0.1, 0.15) is 40.9 Å². The Morgan fingerprint density at radius 3 is 2.53 bits per heavy atom. The Morgan fingerprint density at radius 1 is 1.12 bits per heavy atom. The molecule has 0 saturated carbocycles. The summed E-state index contributed by atoms with van der Waals surface area (Å²) < 4.78 is 47.9. The van der Waals surface area contributed by atoms with Gasteiger partial charge in [0, 0.05) is 0 Å². The maximum Gasteiger partial charge on any atom is 0.274 e. The second-order valence-corrected chi connectivity index (χ2v) is 7.58. The molecule has 1 amide bonds. The summed E-state index contributed by atoms with van der Waals surface area (Å²) in [4.78, 5) is 24.3. The molecular formula is C22H21F3N4O3. The molecule has 2 N–H and O–H groups in total. The minimum Gasteiger partial charge on any atom is -0.476 e. The van der Waals surface area contributed by atoms with Crippen molar-refractivity contribution in [2.24, 2.45) is 0 Å². The molecule has 0 spiro atoms. The number of anilines is 1. The van der Waals surface area contributed by atoms with Gasteiger partial charge in [-0.05, 0) is 51.0 Å². The summed E-state index contributed by atoms with van der Waals surface area (Å²) in [5.74, 6) is -3.69.